The van der Waals surface area contributed by atoms with E-state index in [1.54, 1.807) is 18.2 Å². The highest BCUT2D eigenvalue weighted by atomic mass is 19.4. The van der Waals surface area contributed by atoms with Gasteiger partial charge >= 0.3 is 6.18 Å². The van der Waals surface area contributed by atoms with Crippen LogP contribution in [0.5, 0.6) is 0 Å². The molecule has 2 aliphatic rings. The number of rotatable bonds is 5. The Balaban J connectivity index is 1.05. The Morgan fingerprint density at radius 2 is 1.54 bits per heavy atom. The third kappa shape index (κ3) is 5.76. The molecule has 196 valence electrons. The van der Waals surface area contributed by atoms with Crippen molar-refractivity contribution in [3.05, 3.63) is 59.2 Å². The van der Waals surface area contributed by atoms with Gasteiger partial charge in [-0.15, -0.1) is 0 Å². The summed E-state index contributed by atoms with van der Waals surface area (Å²) in [5.41, 5.74) is 2.06. The van der Waals surface area contributed by atoms with Crippen molar-refractivity contribution in [3.8, 4) is 0 Å². The van der Waals surface area contributed by atoms with Gasteiger partial charge in [-0.3, -0.25) is 14.5 Å². The molecule has 37 heavy (non-hydrogen) atoms. The minimum atomic E-state index is -4.35. The molecule has 0 bridgehead atoms. The second kappa shape index (κ2) is 10.5. The lowest BCUT2D eigenvalue weighted by Gasteiger charge is -2.42. The van der Waals surface area contributed by atoms with Crippen molar-refractivity contribution in [1.29, 1.82) is 0 Å². The molecule has 2 fully saturated rings. The Labute approximate surface area is 212 Å². The third-order valence-corrected chi connectivity index (χ3v) is 7.41. The van der Waals surface area contributed by atoms with Crippen molar-refractivity contribution in [2.45, 2.75) is 37.9 Å². The van der Waals surface area contributed by atoms with Crippen LogP contribution in [-0.2, 0) is 17.4 Å². The van der Waals surface area contributed by atoms with Crippen LogP contribution in [0.15, 0.2) is 42.5 Å². The van der Waals surface area contributed by atoms with Crippen molar-refractivity contribution in [2.75, 3.05) is 39.3 Å². The molecule has 2 aliphatic heterocycles. The van der Waals surface area contributed by atoms with Crippen molar-refractivity contribution in [2.24, 2.45) is 0 Å². The summed E-state index contributed by atoms with van der Waals surface area (Å²) >= 11 is 0. The van der Waals surface area contributed by atoms with E-state index >= 15 is 0 Å². The van der Waals surface area contributed by atoms with E-state index in [1.165, 1.54) is 12.1 Å². The summed E-state index contributed by atoms with van der Waals surface area (Å²) in [6, 6.07) is 10.7. The molecule has 2 amide bonds. The molecule has 0 spiro atoms. The molecule has 3 aromatic rings. The summed E-state index contributed by atoms with van der Waals surface area (Å²) in [4.78, 5) is 31.8. The van der Waals surface area contributed by atoms with E-state index in [0.717, 1.165) is 49.1 Å². The number of aromatic nitrogens is 3. The molecule has 11 heteroatoms. The maximum Gasteiger partial charge on any atom is 0.416 e. The number of hydrogen-bond donors (Lipinski definition) is 1. The predicted molar refractivity (Wildman–Crippen MR) is 131 cm³/mol. The topological polar surface area (TPSA) is 85.4 Å². The lowest BCUT2D eigenvalue weighted by molar-refractivity contribution is -0.137. The average Bonchev–Trinajstić information content (AvgIpc) is 3.39. The molecule has 5 rings (SSSR count). The Morgan fingerprint density at radius 1 is 0.865 bits per heavy atom. The maximum absolute atomic E-state index is 12.9. The van der Waals surface area contributed by atoms with Gasteiger partial charge < -0.3 is 9.80 Å². The smallest absolute Gasteiger partial charge is 0.343 e. The SMILES string of the molecule is O=C(CCc1ccc(C(F)(F)F)cc1)N1CCC(N2CCN(C(=O)c3ccc4n[nH]nc4c3)CC2)CC1. The van der Waals surface area contributed by atoms with Gasteiger partial charge in [-0.2, -0.15) is 28.6 Å². The molecule has 0 aliphatic carbocycles. The molecular weight excluding hydrogens is 485 g/mol. The van der Waals surface area contributed by atoms with Crippen molar-refractivity contribution >= 4 is 22.8 Å². The molecule has 3 heterocycles. The van der Waals surface area contributed by atoms with E-state index in [0.29, 0.717) is 49.7 Å². The Hall–Kier alpha value is -3.47. The van der Waals surface area contributed by atoms with E-state index in [4.69, 9.17) is 0 Å². The molecular formula is C26H29F3N6O2. The highest BCUT2D eigenvalue weighted by molar-refractivity contribution is 5.97. The number of likely N-dealkylation sites (tertiary alicyclic amines) is 1. The Bertz CT molecular complexity index is 1240. The molecule has 2 aromatic carbocycles. The summed E-state index contributed by atoms with van der Waals surface area (Å²) in [6.45, 7) is 4.25. The van der Waals surface area contributed by atoms with E-state index < -0.39 is 11.7 Å². The summed E-state index contributed by atoms with van der Waals surface area (Å²) in [6.07, 6.45) is -1.88. The maximum atomic E-state index is 12.9. The number of carbonyl (C=O) groups excluding carboxylic acids is 2. The first-order chi connectivity index (χ1) is 17.8. The molecule has 1 N–H and O–H groups in total. The fourth-order valence-electron chi connectivity index (χ4n) is 5.20. The number of alkyl halides is 3. The molecule has 0 saturated carbocycles. The van der Waals surface area contributed by atoms with E-state index in [2.05, 4.69) is 20.3 Å². The predicted octanol–water partition coefficient (Wildman–Crippen LogP) is 3.36. The zero-order chi connectivity index (χ0) is 26.0. The van der Waals surface area contributed by atoms with E-state index in [1.807, 2.05) is 9.80 Å². The van der Waals surface area contributed by atoms with Crippen LogP contribution in [-0.4, -0.2) is 87.2 Å². The number of carbonyl (C=O) groups is 2. The number of amides is 2. The second-order valence-corrected chi connectivity index (χ2v) is 9.66. The van der Waals surface area contributed by atoms with Crippen LogP contribution < -0.4 is 0 Å². The van der Waals surface area contributed by atoms with Gasteiger partial charge in [0.1, 0.15) is 11.0 Å². The average molecular weight is 515 g/mol. The number of hydrogen-bond acceptors (Lipinski definition) is 5. The summed E-state index contributed by atoms with van der Waals surface area (Å²) in [5, 5.41) is 10.6. The zero-order valence-corrected chi connectivity index (χ0v) is 20.4. The zero-order valence-electron chi connectivity index (χ0n) is 20.4. The number of piperazine rings is 1. The normalized spacial score (nSPS) is 17.9. The van der Waals surface area contributed by atoms with Gasteiger partial charge in [0.05, 0.1) is 5.56 Å². The van der Waals surface area contributed by atoms with Gasteiger partial charge in [-0.05, 0) is 55.2 Å². The van der Waals surface area contributed by atoms with Crippen LogP contribution in [0.25, 0.3) is 11.0 Å². The number of H-pyrrole nitrogens is 1. The van der Waals surface area contributed by atoms with Gasteiger partial charge in [-0.25, -0.2) is 0 Å². The molecule has 0 atom stereocenters. The number of halogens is 3. The largest absolute Gasteiger partial charge is 0.416 e. The molecule has 2 saturated heterocycles. The monoisotopic (exact) mass is 514 g/mol. The first-order valence-electron chi connectivity index (χ1n) is 12.6. The van der Waals surface area contributed by atoms with Crippen LogP contribution in [0, 0.1) is 0 Å². The van der Waals surface area contributed by atoms with Crippen molar-refractivity contribution in [1.82, 2.24) is 30.1 Å². The van der Waals surface area contributed by atoms with E-state index in [-0.39, 0.29) is 18.2 Å². The Morgan fingerprint density at radius 3 is 2.22 bits per heavy atom. The summed E-state index contributed by atoms with van der Waals surface area (Å²) in [7, 11) is 0. The fraction of sp³-hybridized carbons (Fsp3) is 0.462. The van der Waals surface area contributed by atoms with Crippen LogP contribution >= 0.6 is 0 Å². The fourth-order valence-corrected chi connectivity index (χ4v) is 5.20. The van der Waals surface area contributed by atoms with E-state index in [9.17, 15) is 22.8 Å². The number of piperidine rings is 1. The number of benzene rings is 2. The molecule has 0 radical (unpaired) electrons. The number of nitrogens with zero attached hydrogens (tertiary/aromatic N) is 5. The quantitative estimate of drug-likeness (QED) is 0.565. The number of aromatic amines is 1. The summed E-state index contributed by atoms with van der Waals surface area (Å²) < 4.78 is 38.2. The van der Waals surface area contributed by atoms with Crippen LogP contribution in [0.4, 0.5) is 13.2 Å². The molecule has 0 unspecified atom stereocenters. The summed E-state index contributed by atoms with van der Waals surface area (Å²) in [5.74, 6) is 0.0378. The molecule has 8 nitrogen and oxygen atoms in total. The minimum Gasteiger partial charge on any atom is -0.343 e. The van der Waals surface area contributed by atoms with Gasteiger partial charge in [0, 0.05) is 57.3 Å². The third-order valence-electron chi connectivity index (χ3n) is 7.41. The van der Waals surface area contributed by atoms with Gasteiger partial charge in [0.25, 0.3) is 5.91 Å². The number of aryl methyl sites for hydroxylation is 1. The van der Waals surface area contributed by atoms with Crippen LogP contribution in [0.2, 0.25) is 0 Å². The van der Waals surface area contributed by atoms with Gasteiger partial charge in [0.2, 0.25) is 5.91 Å². The van der Waals surface area contributed by atoms with Gasteiger partial charge in [-0.1, -0.05) is 12.1 Å². The number of nitrogens with one attached hydrogen (secondary N) is 1. The van der Waals surface area contributed by atoms with Crippen molar-refractivity contribution < 1.29 is 22.8 Å². The standard InChI is InChI=1S/C26H29F3N6O2/c27-26(28,29)20-5-1-18(2-6-20)3-8-24(36)34-11-9-21(10-12-34)33-13-15-35(16-14-33)25(37)19-4-7-22-23(17-19)31-32-30-22/h1-2,4-7,17,21H,3,8-16H2,(H,30,31,32). The highest BCUT2D eigenvalue weighted by Crippen LogP contribution is 2.29. The highest BCUT2D eigenvalue weighted by Gasteiger charge is 2.31. The lowest BCUT2D eigenvalue weighted by atomic mass is 10.0. The minimum absolute atomic E-state index is 0.00184. The first kappa shape index (κ1) is 25.2. The second-order valence-electron chi connectivity index (χ2n) is 9.66. The molecule has 1 aromatic heterocycles. The van der Waals surface area contributed by atoms with Crippen molar-refractivity contribution in [3.63, 3.8) is 0 Å². The Kier molecular flexibility index (Phi) is 7.14. The number of fused-ring (bicyclic) bond motifs is 1. The lowest BCUT2D eigenvalue weighted by Crippen LogP contribution is -2.54. The van der Waals surface area contributed by atoms with Crippen LogP contribution in [0.3, 0.4) is 0 Å². The first-order valence-corrected chi connectivity index (χ1v) is 12.6. The van der Waals surface area contributed by atoms with Gasteiger partial charge in [0.15, 0.2) is 0 Å². The van der Waals surface area contributed by atoms with Crippen LogP contribution in [0.1, 0.15) is 40.7 Å².